The Morgan fingerprint density at radius 1 is 0.828 bits per heavy atom. The van der Waals surface area contributed by atoms with Crippen molar-refractivity contribution in [2.75, 3.05) is 6.61 Å². The zero-order valence-electron chi connectivity index (χ0n) is 16.2. The molecule has 0 bridgehead atoms. The molecule has 0 saturated heterocycles. The van der Waals surface area contributed by atoms with Gasteiger partial charge in [0.05, 0.1) is 12.5 Å². The van der Waals surface area contributed by atoms with Gasteiger partial charge in [0.1, 0.15) is 5.92 Å². The van der Waals surface area contributed by atoms with Crippen molar-refractivity contribution < 1.29 is 14.3 Å². The van der Waals surface area contributed by atoms with E-state index in [-0.39, 0.29) is 12.4 Å². The molecular formula is C26H22O3. The first-order chi connectivity index (χ1) is 14.2. The summed E-state index contributed by atoms with van der Waals surface area (Å²) in [4.78, 5) is 26.2. The Morgan fingerprint density at radius 3 is 1.97 bits per heavy atom. The fourth-order valence-electron chi connectivity index (χ4n) is 3.11. The quantitative estimate of drug-likeness (QED) is 0.264. The van der Waals surface area contributed by atoms with E-state index in [0.717, 1.165) is 11.1 Å². The molecule has 3 rings (SSSR count). The lowest BCUT2D eigenvalue weighted by Crippen LogP contribution is -2.31. The van der Waals surface area contributed by atoms with E-state index in [1.165, 1.54) is 0 Å². The summed E-state index contributed by atoms with van der Waals surface area (Å²) in [6.07, 6.45) is 0. The van der Waals surface area contributed by atoms with E-state index in [2.05, 4.69) is 11.8 Å². The Bertz CT molecular complexity index is 999. The van der Waals surface area contributed by atoms with Gasteiger partial charge < -0.3 is 4.74 Å². The summed E-state index contributed by atoms with van der Waals surface area (Å²) < 4.78 is 5.27. The van der Waals surface area contributed by atoms with Crippen LogP contribution in [0.5, 0.6) is 0 Å². The molecule has 3 heteroatoms. The summed E-state index contributed by atoms with van der Waals surface area (Å²) in [6, 6.07) is 27.7. The van der Waals surface area contributed by atoms with E-state index in [4.69, 9.17) is 4.74 Å². The number of carbonyl (C=O) groups is 2. The number of esters is 1. The first-order valence-corrected chi connectivity index (χ1v) is 9.58. The van der Waals surface area contributed by atoms with Crippen molar-refractivity contribution in [1.82, 2.24) is 0 Å². The highest BCUT2D eigenvalue weighted by atomic mass is 16.5. The SMILES string of the molecule is CCOC(=O)C(C(=O)c1ccccc1)C(C#Cc1ccccc1)c1ccccc1. The maximum atomic E-state index is 13.3. The summed E-state index contributed by atoms with van der Waals surface area (Å²) in [7, 11) is 0. The number of ether oxygens (including phenoxy) is 1. The molecule has 2 atom stereocenters. The van der Waals surface area contributed by atoms with Crippen LogP contribution in [0.3, 0.4) is 0 Å². The Morgan fingerprint density at radius 2 is 1.38 bits per heavy atom. The van der Waals surface area contributed by atoms with Crippen molar-refractivity contribution in [3.8, 4) is 11.8 Å². The predicted molar refractivity (Wildman–Crippen MR) is 113 cm³/mol. The van der Waals surface area contributed by atoms with Crippen LogP contribution in [0.15, 0.2) is 91.0 Å². The first kappa shape index (κ1) is 20.1. The number of carbonyl (C=O) groups excluding carboxylic acids is 2. The van der Waals surface area contributed by atoms with Crippen molar-refractivity contribution in [3.05, 3.63) is 108 Å². The topological polar surface area (TPSA) is 43.4 Å². The van der Waals surface area contributed by atoms with Crippen LogP contribution in [0, 0.1) is 17.8 Å². The van der Waals surface area contributed by atoms with Crippen molar-refractivity contribution >= 4 is 11.8 Å². The highest BCUT2D eigenvalue weighted by Crippen LogP contribution is 2.29. The van der Waals surface area contributed by atoms with Gasteiger partial charge in [0.25, 0.3) is 0 Å². The van der Waals surface area contributed by atoms with Gasteiger partial charge >= 0.3 is 5.97 Å². The molecule has 144 valence electrons. The van der Waals surface area contributed by atoms with Crippen LogP contribution in [-0.2, 0) is 9.53 Å². The molecule has 3 nitrogen and oxygen atoms in total. The third-order valence-corrected chi connectivity index (χ3v) is 4.52. The number of hydrogen-bond donors (Lipinski definition) is 0. The van der Waals surface area contributed by atoms with Gasteiger partial charge in [-0.1, -0.05) is 90.7 Å². The standard InChI is InChI=1S/C26H22O3/c1-2-29-26(28)24(25(27)22-16-10-5-11-17-22)23(21-14-8-4-9-15-21)19-18-20-12-6-3-7-13-20/h3-17,23-24H,2H2,1H3. The van der Waals surface area contributed by atoms with Crippen LogP contribution < -0.4 is 0 Å². The summed E-state index contributed by atoms with van der Waals surface area (Å²) in [6.45, 7) is 1.93. The average Bonchev–Trinajstić information content (AvgIpc) is 2.78. The highest BCUT2D eigenvalue weighted by Gasteiger charge is 2.36. The van der Waals surface area contributed by atoms with Gasteiger partial charge in [-0.2, -0.15) is 0 Å². The van der Waals surface area contributed by atoms with Crippen LogP contribution in [-0.4, -0.2) is 18.4 Å². The molecule has 0 amide bonds. The number of ketones is 1. The molecule has 0 radical (unpaired) electrons. The molecule has 3 aromatic rings. The Labute approximate surface area is 171 Å². The number of benzene rings is 3. The molecule has 0 aliphatic carbocycles. The summed E-state index contributed by atoms with van der Waals surface area (Å²) in [5.74, 6) is 3.77. The van der Waals surface area contributed by atoms with Gasteiger partial charge in [0, 0.05) is 11.1 Å². The van der Waals surface area contributed by atoms with Crippen LogP contribution in [0.4, 0.5) is 0 Å². The van der Waals surface area contributed by atoms with Crippen LogP contribution in [0.25, 0.3) is 0 Å². The minimum atomic E-state index is -1.05. The zero-order chi connectivity index (χ0) is 20.5. The van der Waals surface area contributed by atoms with Gasteiger partial charge in [-0.3, -0.25) is 9.59 Å². The lowest BCUT2D eigenvalue weighted by Gasteiger charge is -2.21. The molecule has 0 saturated carbocycles. The summed E-state index contributed by atoms with van der Waals surface area (Å²) in [5, 5.41) is 0. The van der Waals surface area contributed by atoms with Crippen molar-refractivity contribution in [3.63, 3.8) is 0 Å². The third-order valence-electron chi connectivity index (χ3n) is 4.52. The van der Waals surface area contributed by atoms with E-state index in [1.54, 1.807) is 31.2 Å². The number of Topliss-reactive ketones (excluding diaryl/α,β-unsaturated/α-hetero) is 1. The molecule has 2 unspecified atom stereocenters. The Hall–Kier alpha value is -3.64. The summed E-state index contributed by atoms with van der Waals surface area (Å²) in [5.41, 5.74) is 2.09. The maximum absolute atomic E-state index is 13.3. The molecule has 0 N–H and O–H groups in total. The second-order valence-electron chi connectivity index (χ2n) is 6.48. The van der Waals surface area contributed by atoms with Crippen molar-refractivity contribution in [2.24, 2.45) is 5.92 Å². The molecule has 0 aliphatic heterocycles. The fourth-order valence-corrected chi connectivity index (χ4v) is 3.11. The predicted octanol–water partition coefficient (Wildman–Crippen LogP) is 4.88. The molecule has 0 aliphatic rings. The van der Waals surface area contributed by atoms with Gasteiger partial charge in [0.2, 0.25) is 0 Å². The van der Waals surface area contributed by atoms with E-state index in [9.17, 15) is 9.59 Å². The third kappa shape index (κ3) is 5.21. The average molecular weight is 382 g/mol. The van der Waals surface area contributed by atoms with Gasteiger partial charge in [0.15, 0.2) is 5.78 Å². The summed E-state index contributed by atoms with van der Waals surface area (Å²) >= 11 is 0. The van der Waals surface area contributed by atoms with E-state index in [1.807, 2.05) is 66.7 Å². The first-order valence-electron chi connectivity index (χ1n) is 9.58. The second kappa shape index (κ2) is 10.1. The van der Waals surface area contributed by atoms with E-state index < -0.39 is 17.8 Å². The normalized spacial score (nSPS) is 12.2. The van der Waals surface area contributed by atoms with E-state index >= 15 is 0 Å². The van der Waals surface area contributed by atoms with E-state index in [0.29, 0.717) is 5.56 Å². The molecule has 0 aromatic heterocycles. The van der Waals surface area contributed by atoms with Gasteiger partial charge in [-0.25, -0.2) is 0 Å². The van der Waals surface area contributed by atoms with Gasteiger partial charge in [-0.05, 0) is 24.6 Å². The smallest absolute Gasteiger partial charge is 0.318 e. The molecule has 0 heterocycles. The maximum Gasteiger partial charge on any atom is 0.318 e. The molecule has 29 heavy (non-hydrogen) atoms. The molecule has 0 spiro atoms. The molecular weight excluding hydrogens is 360 g/mol. The number of hydrogen-bond acceptors (Lipinski definition) is 3. The van der Waals surface area contributed by atoms with Crippen LogP contribution in [0.1, 0.15) is 34.3 Å². The Kier molecular flexibility index (Phi) is 6.97. The zero-order valence-corrected chi connectivity index (χ0v) is 16.2. The minimum absolute atomic E-state index is 0.199. The molecule has 0 fully saturated rings. The second-order valence-corrected chi connectivity index (χ2v) is 6.48. The van der Waals surface area contributed by atoms with Crippen LogP contribution >= 0.6 is 0 Å². The van der Waals surface area contributed by atoms with Crippen molar-refractivity contribution in [2.45, 2.75) is 12.8 Å². The highest BCUT2D eigenvalue weighted by molar-refractivity contribution is 6.09. The fraction of sp³-hybridized carbons (Fsp3) is 0.154. The lowest BCUT2D eigenvalue weighted by molar-refractivity contribution is -0.146. The monoisotopic (exact) mass is 382 g/mol. The van der Waals surface area contributed by atoms with Gasteiger partial charge in [-0.15, -0.1) is 0 Å². The molecule has 3 aromatic carbocycles. The van der Waals surface area contributed by atoms with Crippen LogP contribution in [0.2, 0.25) is 0 Å². The number of rotatable bonds is 6. The van der Waals surface area contributed by atoms with Crippen molar-refractivity contribution in [1.29, 1.82) is 0 Å². The minimum Gasteiger partial charge on any atom is -0.465 e. The lowest BCUT2D eigenvalue weighted by atomic mass is 9.81. The largest absolute Gasteiger partial charge is 0.465 e. The Balaban J connectivity index is 2.08.